The molecule has 3 aromatic rings. The van der Waals surface area contributed by atoms with Crippen molar-refractivity contribution in [3.05, 3.63) is 54.6 Å². The quantitative estimate of drug-likeness (QED) is 0.358. The third-order valence-electron chi connectivity index (χ3n) is 5.69. The Balaban J connectivity index is 1.53. The molecule has 2 aromatic carbocycles. The molecule has 1 saturated heterocycles. The number of likely N-dealkylation sites (tertiary alicyclic amines) is 1. The molecular formula is C25H28N4O4S. The molecule has 0 saturated carbocycles. The van der Waals surface area contributed by atoms with Crippen LogP contribution in [-0.4, -0.2) is 64.1 Å². The Morgan fingerprint density at radius 2 is 1.94 bits per heavy atom. The number of carbonyl (C=O) groups excluding carboxylic acids is 2. The molecule has 1 aliphatic rings. The molecule has 0 spiro atoms. The number of rotatable bonds is 8. The molecule has 0 bridgehead atoms. The Bertz CT molecular complexity index is 1130. The molecule has 178 valence electrons. The summed E-state index contributed by atoms with van der Waals surface area (Å²) in [6, 6.07) is 17.5. The van der Waals surface area contributed by atoms with Crippen LogP contribution < -0.4 is 4.74 Å². The summed E-state index contributed by atoms with van der Waals surface area (Å²) in [6.07, 6.45) is 1.54. The van der Waals surface area contributed by atoms with E-state index in [0.29, 0.717) is 30.7 Å². The standard InChI is InChI=1S/C25H28N4O4S/c1-3-33-24(31)19-10-8-14-28(16-19)22(30)17-34-25-27-26-23(18-9-7-13-21(15-18)32-2)29(25)20-11-5-4-6-12-20/h4-7,9,11-13,15,19H,3,8,10,14,16-17H2,1-2H3. The second-order valence-electron chi connectivity index (χ2n) is 7.93. The van der Waals surface area contributed by atoms with E-state index in [4.69, 9.17) is 9.47 Å². The monoisotopic (exact) mass is 480 g/mol. The lowest BCUT2D eigenvalue weighted by atomic mass is 9.98. The first-order valence-corrected chi connectivity index (χ1v) is 12.3. The highest BCUT2D eigenvalue weighted by Gasteiger charge is 2.29. The minimum absolute atomic E-state index is 0.0236. The molecule has 1 aromatic heterocycles. The molecule has 0 radical (unpaired) electrons. The fourth-order valence-electron chi connectivity index (χ4n) is 4.00. The first-order valence-electron chi connectivity index (χ1n) is 11.3. The smallest absolute Gasteiger partial charge is 0.310 e. The SMILES string of the molecule is CCOC(=O)C1CCCN(C(=O)CSc2nnc(-c3cccc(OC)c3)n2-c2ccccc2)C1. The molecule has 0 N–H and O–H groups in total. The number of nitrogens with zero attached hydrogens (tertiary/aromatic N) is 4. The lowest BCUT2D eigenvalue weighted by Gasteiger charge is -2.31. The molecule has 9 heteroatoms. The van der Waals surface area contributed by atoms with Crippen molar-refractivity contribution in [2.45, 2.75) is 24.9 Å². The maximum atomic E-state index is 13.0. The van der Waals surface area contributed by atoms with Gasteiger partial charge in [0.15, 0.2) is 11.0 Å². The largest absolute Gasteiger partial charge is 0.497 e. The number of amides is 1. The van der Waals surface area contributed by atoms with Gasteiger partial charge in [0.05, 0.1) is 25.4 Å². The maximum absolute atomic E-state index is 13.0. The number of hydrogen-bond donors (Lipinski definition) is 0. The van der Waals surface area contributed by atoms with Crippen LogP contribution >= 0.6 is 11.8 Å². The Hall–Kier alpha value is -3.33. The second-order valence-corrected chi connectivity index (χ2v) is 8.87. The number of benzene rings is 2. The molecular weight excluding hydrogens is 452 g/mol. The Kier molecular flexibility index (Phi) is 7.84. The minimum atomic E-state index is -0.254. The zero-order valence-electron chi connectivity index (χ0n) is 19.3. The summed E-state index contributed by atoms with van der Waals surface area (Å²) in [5.41, 5.74) is 1.77. The van der Waals surface area contributed by atoms with E-state index in [2.05, 4.69) is 10.2 Å². The number of carbonyl (C=O) groups is 2. The Morgan fingerprint density at radius 3 is 2.71 bits per heavy atom. The molecule has 1 unspecified atom stereocenters. The molecule has 1 fully saturated rings. The van der Waals surface area contributed by atoms with Crippen molar-refractivity contribution in [1.29, 1.82) is 0 Å². The predicted molar refractivity (Wildman–Crippen MR) is 130 cm³/mol. The van der Waals surface area contributed by atoms with Crippen molar-refractivity contribution in [3.8, 4) is 22.8 Å². The average molecular weight is 481 g/mol. The van der Waals surface area contributed by atoms with Gasteiger partial charge in [0, 0.05) is 24.3 Å². The number of ether oxygens (including phenoxy) is 2. The van der Waals surface area contributed by atoms with Gasteiger partial charge >= 0.3 is 5.97 Å². The second kappa shape index (κ2) is 11.2. The van der Waals surface area contributed by atoms with Gasteiger partial charge in [-0.1, -0.05) is 42.1 Å². The summed E-state index contributed by atoms with van der Waals surface area (Å²) < 4.78 is 12.5. The summed E-state index contributed by atoms with van der Waals surface area (Å²) in [5.74, 6) is 1.10. The van der Waals surface area contributed by atoms with Crippen LogP contribution in [0.15, 0.2) is 59.8 Å². The lowest BCUT2D eigenvalue weighted by Crippen LogP contribution is -2.43. The zero-order chi connectivity index (χ0) is 23.9. The first kappa shape index (κ1) is 23.8. The average Bonchev–Trinajstić information content (AvgIpc) is 3.32. The number of thioether (sulfide) groups is 1. The van der Waals surface area contributed by atoms with Crippen molar-refractivity contribution in [3.63, 3.8) is 0 Å². The normalized spacial score (nSPS) is 15.7. The van der Waals surface area contributed by atoms with Crippen LogP contribution in [0.4, 0.5) is 0 Å². The van der Waals surface area contributed by atoms with Gasteiger partial charge in [-0.2, -0.15) is 0 Å². The van der Waals surface area contributed by atoms with Gasteiger partial charge in [-0.3, -0.25) is 14.2 Å². The topological polar surface area (TPSA) is 86.6 Å². The summed E-state index contributed by atoms with van der Waals surface area (Å²) in [4.78, 5) is 26.9. The Morgan fingerprint density at radius 1 is 1.12 bits per heavy atom. The van der Waals surface area contributed by atoms with Crippen molar-refractivity contribution < 1.29 is 19.1 Å². The van der Waals surface area contributed by atoms with Gasteiger partial charge in [0.25, 0.3) is 0 Å². The van der Waals surface area contributed by atoms with E-state index in [0.717, 1.165) is 29.8 Å². The van der Waals surface area contributed by atoms with E-state index in [1.54, 1.807) is 18.9 Å². The van der Waals surface area contributed by atoms with Gasteiger partial charge in [0.2, 0.25) is 5.91 Å². The van der Waals surface area contributed by atoms with Gasteiger partial charge in [-0.05, 0) is 44.0 Å². The lowest BCUT2D eigenvalue weighted by molar-refractivity contribution is -0.151. The van der Waals surface area contributed by atoms with E-state index in [9.17, 15) is 9.59 Å². The number of esters is 1. The van der Waals surface area contributed by atoms with Gasteiger partial charge in [-0.15, -0.1) is 10.2 Å². The van der Waals surface area contributed by atoms with Crippen LogP contribution in [0.3, 0.4) is 0 Å². The molecule has 0 aliphatic carbocycles. The predicted octanol–water partition coefficient (Wildman–Crippen LogP) is 3.84. The third-order valence-corrected chi connectivity index (χ3v) is 6.61. The number of aromatic nitrogens is 3. The molecule has 1 amide bonds. The van der Waals surface area contributed by atoms with Crippen LogP contribution in [0.1, 0.15) is 19.8 Å². The number of methoxy groups -OCH3 is 1. The third kappa shape index (κ3) is 5.41. The molecule has 1 atom stereocenters. The van der Waals surface area contributed by atoms with E-state index in [-0.39, 0.29) is 23.5 Å². The molecule has 8 nitrogen and oxygen atoms in total. The van der Waals surface area contributed by atoms with Crippen LogP contribution in [0.5, 0.6) is 5.75 Å². The van der Waals surface area contributed by atoms with Crippen LogP contribution in [0, 0.1) is 5.92 Å². The highest BCUT2D eigenvalue weighted by Crippen LogP contribution is 2.30. The van der Waals surface area contributed by atoms with Crippen molar-refractivity contribution >= 4 is 23.6 Å². The fraction of sp³-hybridized carbons (Fsp3) is 0.360. The molecule has 4 rings (SSSR count). The highest BCUT2D eigenvalue weighted by atomic mass is 32.2. The fourth-order valence-corrected chi connectivity index (χ4v) is 4.85. The molecule has 2 heterocycles. The van der Waals surface area contributed by atoms with Crippen molar-refractivity contribution in [2.75, 3.05) is 32.6 Å². The summed E-state index contributed by atoms with van der Waals surface area (Å²) in [7, 11) is 1.63. The summed E-state index contributed by atoms with van der Waals surface area (Å²) in [5, 5.41) is 9.46. The summed E-state index contributed by atoms with van der Waals surface area (Å²) in [6.45, 7) is 3.20. The van der Waals surface area contributed by atoms with E-state index in [1.807, 2.05) is 59.2 Å². The van der Waals surface area contributed by atoms with Crippen LogP contribution in [0.2, 0.25) is 0 Å². The molecule has 34 heavy (non-hydrogen) atoms. The van der Waals surface area contributed by atoms with Gasteiger partial charge < -0.3 is 14.4 Å². The Labute approximate surface area is 203 Å². The highest BCUT2D eigenvalue weighted by molar-refractivity contribution is 7.99. The van der Waals surface area contributed by atoms with Gasteiger partial charge in [-0.25, -0.2) is 0 Å². The van der Waals surface area contributed by atoms with E-state index in [1.165, 1.54) is 11.8 Å². The van der Waals surface area contributed by atoms with Crippen LogP contribution in [0.25, 0.3) is 17.1 Å². The number of piperidine rings is 1. The summed E-state index contributed by atoms with van der Waals surface area (Å²) >= 11 is 1.34. The van der Waals surface area contributed by atoms with Crippen LogP contribution in [-0.2, 0) is 14.3 Å². The number of para-hydroxylation sites is 1. The van der Waals surface area contributed by atoms with E-state index < -0.39 is 0 Å². The molecule has 1 aliphatic heterocycles. The first-order chi connectivity index (χ1) is 16.6. The van der Waals surface area contributed by atoms with Gasteiger partial charge in [0.1, 0.15) is 5.75 Å². The zero-order valence-corrected chi connectivity index (χ0v) is 20.2. The minimum Gasteiger partial charge on any atom is -0.497 e. The van der Waals surface area contributed by atoms with Crippen molar-refractivity contribution in [1.82, 2.24) is 19.7 Å². The van der Waals surface area contributed by atoms with Crippen molar-refractivity contribution in [2.24, 2.45) is 5.92 Å². The number of hydrogen-bond acceptors (Lipinski definition) is 7. The maximum Gasteiger partial charge on any atom is 0.310 e. The van der Waals surface area contributed by atoms with E-state index >= 15 is 0 Å².